The Kier molecular flexibility index (Phi) is 6.09. The number of benzene rings is 1. The predicted molar refractivity (Wildman–Crippen MR) is 98.8 cm³/mol. The van der Waals surface area contributed by atoms with E-state index in [1.807, 2.05) is 57.7 Å². The predicted octanol–water partition coefficient (Wildman–Crippen LogP) is 3.82. The van der Waals surface area contributed by atoms with Crippen LogP contribution >= 0.6 is 0 Å². The minimum Gasteiger partial charge on any atom is -0.444 e. The van der Waals surface area contributed by atoms with Crippen LogP contribution in [0.2, 0.25) is 0 Å². The van der Waals surface area contributed by atoms with E-state index >= 15 is 0 Å². The zero-order valence-corrected chi connectivity index (χ0v) is 16.0. The number of amides is 2. The van der Waals surface area contributed by atoms with Gasteiger partial charge >= 0.3 is 6.09 Å². The molecule has 5 heteroatoms. The molecule has 0 radical (unpaired) electrons. The fourth-order valence-electron chi connectivity index (χ4n) is 3.12. The molecule has 2 amide bonds. The molecule has 1 aliphatic rings. The SMILES string of the molecule is Cc1ccc(C)c(C(=O)N2CCCCC2CNC(=O)OC(C)(C)C)c1. The molecule has 1 aromatic carbocycles. The highest BCUT2D eigenvalue weighted by Gasteiger charge is 2.29. The average molecular weight is 346 g/mol. The summed E-state index contributed by atoms with van der Waals surface area (Å²) in [6.45, 7) is 10.6. The lowest BCUT2D eigenvalue weighted by Crippen LogP contribution is -2.50. The van der Waals surface area contributed by atoms with Gasteiger partial charge in [-0.05, 0) is 65.5 Å². The molecule has 1 aliphatic heterocycles. The second kappa shape index (κ2) is 7.89. The van der Waals surface area contributed by atoms with Gasteiger partial charge in [0.05, 0.1) is 0 Å². The van der Waals surface area contributed by atoms with Crippen molar-refractivity contribution in [2.24, 2.45) is 0 Å². The molecule has 0 spiro atoms. The number of carbonyl (C=O) groups is 2. The summed E-state index contributed by atoms with van der Waals surface area (Å²) in [6, 6.07) is 5.96. The van der Waals surface area contributed by atoms with Crippen molar-refractivity contribution in [2.45, 2.75) is 65.5 Å². The van der Waals surface area contributed by atoms with Crippen molar-refractivity contribution >= 4 is 12.0 Å². The van der Waals surface area contributed by atoms with Crippen LogP contribution in [0, 0.1) is 13.8 Å². The summed E-state index contributed by atoms with van der Waals surface area (Å²) in [6.07, 6.45) is 2.53. The van der Waals surface area contributed by atoms with Crippen molar-refractivity contribution in [3.05, 3.63) is 34.9 Å². The summed E-state index contributed by atoms with van der Waals surface area (Å²) < 4.78 is 5.29. The highest BCUT2D eigenvalue weighted by molar-refractivity contribution is 5.96. The number of ether oxygens (including phenoxy) is 1. The van der Waals surface area contributed by atoms with Crippen LogP contribution in [0.3, 0.4) is 0 Å². The minimum absolute atomic E-state index is 0.00804. The molecule has 2 rings (SSSR count). The van der Waals surface area contributed by atoms with E-state index in [0.29, 0.717) is 6.54 Å². The van der Waals surface area contributed by atoms with E-state index in [4.69, 9.17) is 4.74 Å². The summed E-state index contributed by atoms with van der Waals surface area (Å²) in [7, 11) is 0. The van der Waals surface area contributed by atoms with Crippen LogP contribution in [0.1, 0.15) is 61.5 Å². The number of hydrogen-bond donors (Lipinski definition) is 1. The maximum absolute atomic E-state index is 13.0. The lowest BCUT2D eigenvalue weighted by molar-refractivity contribution is 0.0462. The van der Waals surface area contributed by atoms with Crippen LogP contribution in [0.4, 0.5) is 4.79 Å². The average Bonchev–Trinajstić information content (AvgIpc) is 2.53. The molecule has 0 saturated carbocycles. The van der Waals surface area contributed by atoms with E-state index in [0.717, 1.165) is 42.5 Å². The summed E-state index contributed by atoms with van der Waals surface area (Å²) in [5.41, 5.74) is 2.30. The zero-order chi connectivity index (χ0) is 18.6. The van der Waals surface area contributed by atoms with Crippen LogP contribution in [-0.2, 0) is 4.74 Å². The summed E-state index contributed by atoms with van der Waals surface area (Å²) in [5.74, 6) is 0.0527. The molecule has 0 bridgehead atoms. The summed E-state index contributed by atoms with van der Waals surface area (Å²) in [5, 5.41) is 2.82. The summed E-state index contributed by atoms with van der Waals surface area (Å²) in [4.78, 5) is 26.9. The number of nitrogens with zero attached hydrogens (tertiary/aromatic N) is 1. The van der Waals surface area contributed by atoms with Gasteiger partial charge in [-0.25, -0.2) is 4.79 Å². The Labute approximate surface area is 150 Å². The third-order valence-corrected chi connectivity index (χ3v) is 4.39. The highest BCUT2D eigenvalue weighted by atomic mass is 16.6. The molecule has 1 N–H and O–H groups in total. The first kappa shape index (κ1) is 19.3. The quantitative estimate of drug-likeness (QED) is 0.905. The molecular formula is C20H30N2O3. The van der Waals surface area contributed by atoms with Crippen LogP contribution in [0.15, 0.2) is 18.2 Å². The molecule has 0 aromatic heterocycles. The van der Waals surface area contributed by atoms with E-state index in [1.54, 1.807) is 0 Å². The summed E-state index contributed by atoms with van der Waals surface area (Å²) >= 11 is 0. The number of aryl methyl sites for hydroxylation is 2. The fourth-order valence-corrected chi connectivity index (χ4v) is 3.12. The number of rotatable bonds is 3. The Morgan fingerprint density at radius 3 is 2.64 bits per heavy atom. The van der Waals surface area contributed by atoms with Crippen LogP contribution in [-0.4, -0.2) is 41.6 Å². The van der Waals surface area contributed by atoms with Gasteiger partial charge in [0.1, 0.15) is 5.60 Å². The van der Waals surface area contributed by atoms with Crippen molar-refractivity contribution in [3.63, 3.8) is 0 Å². The lowest BCUT2D eigenvalue weighted by Gasteiger charge is -2.36. The number of likely N-dealkylation sites (tertiary alicyclic amines) is 1. The Balaban J connectivity index is 2.06. The molecule has 1 atom stereocenters. The Morgan fingerprint density at radius 1 is 1.24 bits per heavy atom. The van der Waals surface area contributed by atoms with Gasteiger partial charge < -0.3 is 15.0 Å². The first-order valence-corrected chi connectivity index (χ1v) is 9.02. The number of nitrogens with one attached hydrogen (secondary N) is 1. The van der Waals surface area contributed by atoms with E-state index in [2.05, 4.69) is 5.32 Å². The lowest BCUT2D eigenvalue weighted by atomic mass is 9.98. The molecule has 1 heterocycles. The standard InChI is InChI=1S/C20H30N2O3/c1-14-9-10-15(2)17(12-14)18(23)22-11-7-6-8-16(22)13-21-19(24)25-20(3,4)5/h9-10,12,16H,6-8,11,13H2,1-5H3,(H,21,24). The van der Waals surface area contributed by atoms with E-state index in [-0.39, 0.29) is 11.9 Å². The number of alkyl carbamates (subject to hydrolysis) is 1. The zero-order valence-electron chi connectivity index (χ0n) is 16.0. The maximum Gasteiger partial charge on any atom is 0.407 e. The molecule has 25 heavy (non-hydrogen) atoms. The monoisotopic (exact) mass is 346 g/mol. The number of piperidine rings is 1. The van der Waals surface area contributed by atoms with Gasteiger partial charge in [-0.3, -0.25) is 4.79 Å². The molecule has 138 valence electrons. The third-order valence-electron chi connectivity index (χ3n) is 4.39. The van der Waals surface area contributed by atoms with E-state index in [9.17, 15) is 9.59 Å². The van der Waals surface area contributed by atoms with E-state index in [1.165, 1.54) is 0 Å². The highest BCUT2D eigenvalue weighted by Crippen LogP contribution is 2.21. The van der Waals surface area contributed by atoms with Gasteiger partial charge in [-0.15, -0.1) is 0 Å². The smallest absolute Gasteiger partial charge is 0.407 e. The minimum atomic E-state index is -0.523. The van der Waals surface area contributed by atoms with Crippen molar-refractivity contribution in [1.82, 2.24) is 10.2 Å². The maximum atomic E-state index is 13.0. The molecule has 1 unspecified atom stereocenters. The molecule has 5 nitrogen and oxygen atoms in total. The van der Waals surface area contributed by atoms with Crippen molar-refractivity contribution < 1.29 is 14.3 Å². The van der Waals surface area contributed by atoms with Gasteiger partial charge in [-0.2, -0.15) is 0 Å². The Hall–Kier alpha value is -2.04. The Morgan fingerprint density at radius 2 is 1.96 bits per heavy atom. The first-order valence-electron chi connectivity index (χ1n) is 9.02. The first-order chi connectivity index (χ1) is 11.7. The van der Waals surface area contributed by atoms with Crippen LogP contribution in [0.5, 0.6) is 0 Å². The normalized spacial score (nSPS) is 18.0. The van der Waals surface area contributed by atoms with Gasteiger partial charge in [0.15, 0.2) is 0 Å². The van der Waals surface area contributed by atoms with Gasteiger partial charge in [0, 0.05) is 24.7 Å². The van der Waals surface area contributed by atoms with Crippen molar-refractivity contribution in [1.29, 1.82) is 0 Å². The fraction of sp³-hybridized carbons (Fsp3) is 0.600. The van der Waals surface area contributed by atoms with E-state index < -0.39 is 11.7 Å². The Bertz CT molecular complexity index is 634. The molecule has 1 fully saturated rings. The number of hydrogen-bond acceptors (Lipinski definition) is 3. The molecule has 1 aromatic rings. The second-order valence-corrected chi connectivity index (χ2v) is 7.85. The van der Waals surface area contributed by atoms with Crippen LogP contribution < -0.4 is 5.32 Å². The van der Waals surface area contributed by atoms with Crippen molar-refractivity contribution in [2.75, 3.05) is 13.1 Å². The largest absolute Gasteiger partial charge is 0.444 e. The van der Waals surface area contributed by atoms with Crippen LogP contribution in [0.25, 0.3) is 0 Å². The number of carbonyl (C=O) groups excluding carboxylic acids is 2. The topological polar surface area (TPSA) is 58.6 Å². The van der Waals surface area contributed by atoms with Gasteiger partial charge in [-0.1, -0.05) is 17.7 Å². The third kappa shape index (κ3) is 5.48. The van der Waals surface area contributed by atoms with Gasteiger partial charge in [0.25, 0.3) is 5.91 Å². The molecular weight excluding hydrogens is 316 g/mol. The van der Waals surface area contributed by atoms with Gasteiger partial charge in [0.2, 0.25) is 0 Å². The second-order valence-electron chi connectivity index (χ2n) is 7.85. The molecule has 1 saturated heterocycles. The van der Waals surface area contributed by atoms with Crippen molar-refractivity contribution in [3.8, 4) is 0 Å². The molecule has 0 aliphatic carbocycles.